The number of nitrogens with zero attached hydrogens (tertiary/aromatic N) is 2. The zero-order valence-electron chi connectivity index (χ0n) is 12.4. The Hall–Kier alpha value is -1.91. The summed E-state index contributed by atoms with van der Waals surface area (Å²) >= 11 is 0. The van der Waals surface area contributed by atoms with Gasteiger partial charge in [-0.3, -0.25) is 14.6 Å². The van der Waals surface area contributed by atoms with Gasteiger partial charge < -0.3 is 10.2 Å². The van der Waals surface area contributed by atoms with E-state index in [1.165, 1.54) is 0 Å². The molecule has 1 aromatic rings. The van der Waals surface area contributed by atoms with Crippen molar-refractivity contribution < 1.29 is 9.59 Å². The number of carbonyl (C=O) groups is 2. The molecular formula is C15H23N3O2. The first-order chi connectivity index (χ1) is 9.49. The van der Waals surface area contributed by atoms with Gasteiger partial charge in [0.05, 0.1) is 0 Å². The number of hydrogen-bond donors (Lipinski definition) is 1. The van der Waals surface area contributed by atoms with Crippen molar-refractivity contribution in [1.29, 1.82) is 0 Å². The second-order valence-electron chi connectivity index (χ2n) is 5.30. The minimum absolute atomic E-state index is 0.0838. The fourth-order valence-electron chi connectivity index (χ4n) is 1.62. The normalized spacial score (nSPS) is 10.4. The van der Waals surface area contributed by atoms with Crippen molar-refractivity contribution in [1.82, 2.24) is 15.2 Å². The van der Waals surface area contributed by atoms with Gasteiger partial charge in [-0.15, -0.1) is 0 Å². The van der Waals surface area contributed by atoms with Crippen molar-refractivity contribution in [3.8, 4) is 0 Å². The molecule has 0 saturated carbocycles. The van der Waals surface area contributed by atoms with Crippen LogP contribution in [0.2, 0.25) is 0 Å². The second kappa shape index (κ2) is 8.30. The topological polar surface area (TPSA) is 62.3 Å². The van der Waals surface area contributed by atoms with Crippen molar-refractivity contribution in [2.24, 2.45) is 5.92 Å². The Morgan fingerprint density at radius 2 is 1.95 bits per heavy atom. The number of carbonyl (C=O) groups excluding carboxylic acids is 2. The molecule has 0 atom stereocenters. The summed E-state index contributed by atoms with van der Waals surface area (Å²) < 4.78 is 0. The van der Waals surface area contributed by atoms with E-state index in [2.05, 4.69) is 10.3 Å². The third-order valence-electron chi connectivity index (χ3n) is 2.93. The van der Waals surface area contributed by atoms with Crippen LogP contribution < -0.4 is 5.32 Å². The molecule has 2 amide bonds. The van der Waals surface area contributed by atoms with Crippen LogP contribution >= 0.6 is 0 Å². The SMILES string of the molecule is CC(C)CNC(=O)CC(=O)N(C)CCc1ccncc1. The van der Waals surface area contributed by atoms with E-state index in [4.69, 9.17) is 0 Å². The average molecular weight is 277 g/mol. The van der Waals surface area contributed by atoms with Gasteiger partial charge in [0.2, 0.25) is 11.8 Å². The maximum absolute atomic E-state index is 11.9. The van der Waals surface area contributed by atoms with Crippen molar-refractivity contribution in [2.75, 3.05) is 20.1 Å². The number of hydrogen-bond acceptors (Lipinski definition) is 3. The number of aromatic nitrogens is 1. The summed E-state index contributed by atoms with van der Waals surface area (Å²) in [5.41, 5.74) is 1.13. The highest BCUT2D eigenvalue weighted by molar-refractivity contribution is 5.96. The zero-order chi connectivity index (χ0) is 15.0. The van der Waals surface area contributed by atoms with Gasteiger partial charge in [-0.2, -0.15) is 0 Å². The van der Waals surface area contributed by atoms with Gasteiger partial charge in [-0.05, 0) is 30.0 Å². The molecule has 5 nitrogen and oxygen atoms in total. The van der Waals surface area contributed by atoms with Gasteiger partial charge in [0, 0.05) is 32.5 Å². The van der Waals surface area contributed by atoms with E-state index in [-0.39, 0.29) is 18.2 Å². The third kappa shape index (κ3) is 6.31. The van der Waals surface area contributed by atoms with E-state index in [9.17, 15) is 9.59 Å². The first-order valence-electron chi connectivity index (χ1n) is 6.88. The van der Waals surface area contributed by atoms with E-state index in [1.807, 2.05) is 26.0 Å². The lowest BCUT2D eigenvalue weighted by Crippen LogP contribution is -2.35. The minimum atomic E-state index is -0.209. The highest BCUT2D eigenvalue weighted by Gasteiger charge is 2.13. The minimum Gasteiger partial charge on any atom is -0.355 e. The van der Waals surface area contributed by atoms with Gasteiger partial charge in [0.1, 0.15) is 6.42 Å². The molecule has 110 valence electrons. The van der Waals surface area contributed by atoms with Gasteiger partial charge >= 0.3 is 0 Å². The van der Waals surface area contributed by atoms with Crippen LogP contribution in [0.15, 0.2) is 24.5 Å². The second-order valence-corrected chi connectivity index (χ2v) is 5.30. The summed E-state index contributed by atoms with van der Waals surface area (Å²) in [5, 5.41) is 2.75. The van der Waals surface area contributed by atoms with Gasteiger partial charge in [-0.1, -0.05) is 13.8 Å². The third-order valence-corrected chi connectivity index (χ3v) is 2.93. The van der Waals surface area contributed by atoms with Crippen LogP contribution in [0.5, 0.6) is 0 Å². The standard InChI is InChI=1S/C15H23N3O2/c1-12(2)11-17-14(19)10-15(20)18(3)9-6-13-4-7-16-8-5-13/h4-5,7-8,12H,6,9-11H2,1-3H3,(H,17,19). The monoisotopic (exact) mass is 277 g/mol. The Morgan fingerprint density at radius 3 is 2.55 bits per heavy atom. The fraction of sp³-hybridized carbons (Fsp3) is 0.533. The lowest BCUT2D eigenvalue weighted by atomic mass is 10.2. The smallest absolute Gasteiger partial charge is 0.231 e. The summed E-state index contributed by atoms with van der Waals surface area (Å²) in [5.74, 6) is 0.0262. The lowest BCUT2D eigenvalue weighted by molar-refractivity contribution is -0.135. The molecule has 0 spiro atoms. The molecule has 1 rings (SSSR count). The summed E-state index contributed by atoms with van der Waals surface area (Å²) in [6.07, 6.45) is 4.14. The van der Waals surface area contributed by atoms with Crippen molar-refractivity contribution in [2.45, 2.75) is 26.7 Å². The molecule has 0 bridgehead atoms. The predicted octanol–water partition coefficient (Wildman–Crippen LogP) is 1.24. The van der Waals surface area contributed by atoms with Crippen LogP contribution in [0.1, 0.15) is 25.8 Å². The number of likely N-dealkylation sites (N-methyl/N-ethyl adjacent to an activating group) is 1. The molecule has 1 aromatic heterocycles. The van der Waals surface area contributed by atoms with Crippen molar-refractivity contribution in [3.05, 3.63) is 30.1 Å². The number of rotatable bonds is 7. The molecule has 0 aliphatic heterocycles. The molecule has 0 aromatic carbocycles. The number of pyridine rings is 1. The highest BCUT2D eigenvalue weighted by Crippen LogP contribution is 2.00. The maximum Gasteiger partial charge on any atom is 0.231 e. The fourth-order valence-corrected chi connectivity index (χ4v) is 1.62. The molecule has 1 heterocycles. The first kappa shape index (κ1) is 16.1. The van der Waals surface area contributed by atoms with Gasteiger partial charge in [0.15, 0.2) is 0 Å². The van der Waals surface area contributed by atoms with E-state index < -0.39 is 0 Å². The van der Waals surface area contributed by atoms with Gasteiger partial charge in [-0.25, -0.2) is 0 Å². The molecule has 1 N–H and O–H groups in total. The molecule has 0 unspecified atom stereocenters. The van der Waals surface area contributed by atoms with Crippen LogP contribution in [-0.4, -0.2) is 41.8 Å². The van der Waals surface area contributed by atoms with Crippen molar-refractivity contribution >= 4 is 11.8 Å². The highest BCUT2D eigenvalue weighted by atomic mass is 16.2. The zero-order valence-corrected chi connectivity index (χ0v) is 12.4. The molecule has 0 fully saturated rings. The Bertz CT molecular complexity index is 432. The van der Waals surface area contributed by atoms with Gasteiger partial charge in [0.25, 0.3) is 0 Å². The van der Waals surface area contributed by atoms with Crippen molar-refractivity contribution in [3.63, 3.8) is 0 Å². The quantitative estimate of drug-likeness (QED) is 0.763. The molecule has 20 heavy (non-hydrogen) atoms. The summed E-state index contributed by atoms with van der Waals surface area (Å²) in [6.45, 7) is 5.24. The van der Waals surface area contributed by atoms with E-state index in [0.29, 0.717) is 19.0 Å². The van der Waals surface area contributed by atoms with Crippen LogP contribution in [0.25, 0.3) is 0 Å². The maximum atomic E-state index is 11.9. The van der Waals surface area contributed by atoms with E-state index >= 15 is 0 Å². The first-order valence-corrected chi connectivity index (χ1v) is 6.88. The molecule has 0 saturated heterocycles. The van der Waals surface area contributed by atoms with E-state index in [0.717, 1.165) is 12.0 Å². The Morgan fingerprint density at radius 1 is 1.30 bits per heavy atom. The van der Waals surface area contributed by atoms with Crippen LogP contribution in [0, 0.1) is 5.92 Å². The molecule has 0 aliphatic carbocycles. The van der Waals surface area contributed by atoms with E-state index in [1.54, 1.807) is 24.3 Å². The Kier molecular flexibility index (Phi) is 6.70. The summed E-state index contributed by atoms with van der Waals surface area (Å²) in [7, 11) is 1.72. The Labute approximate surface area is 120 Å². The predicted molar refractivity (Wildman–Crippen MR) is 78.0 cm³/mol. The van der Waals surface area contributed by atoms with Crippen LogP contribution in [0.4, 0.5) is 0 Å². The molecule has 0 aliphatic rings. The Balaban J connectivity index is 2.30. The average Bonchev–Trinajstić information content (AvgIpc) is 2.43. The molecule has 0 radical (unpaired) electrons. The molecule has 5 heteroatoms. The van der Waals surface area contributed by atoms with Crippen LogP contribution in [0.3, 0.4) is 0 Å². The lowest BCUT2D eigenvalue weighted by Gasteiger charge is -2.17. The number of amides is 2. The largest absolute Gasteiger partial charge is 0.355 e. The number of nitrogens with one attached hydrogen (secondary N) is 1. The molecular weight excluding hydrogens is 254 g/mol. The summed E-state index contributed by atoms with van der Waals surface area (Å²) in [4.78, 5) is 29.0. The summed E-state index contributed by atoms with van der Waals surface area (Å²) in [6, 6.07) is 3.85. The van der Waals surface area contributed by atoms with Crippen LogP contribution in [-0.2, 0) is 16.0 Å².